The van der Waals surface area contributed by atoms with Crippen molar-refractivity contribution in [2.75, 3.05) is 0 Å². The Morgan fingerprint density at radius 1 is 1.31 bits per heavy atom. The molecule has 0 aliphatic carbocycles. The predicted molar refractivity (Wildman–Crippen MR) is 57.0 cm³/mol. The van der Waals surface area contributed by atoms with Gasteiger partial charge in [-0.2, -0.15) is 0 Å². The lowest BCUT2D eigenvalue weighted by molar-refractivity contribution is 0.164. The first kappa shape index (κ1) is 12.4. The van der Waals surface area contributed by atoms with Crippen LogP contribution in [0.2, 0.25) is 0 Å². The van der Waals surface area contributed by atoms with Crippen molar-refractivity contribution < 1.29 is 5.11 Å². The van der Waals surface area contributed by atoms with Gasteiger partial charge < -0.3 is 10.8 Å². The maximum Gasteiger partial charge on any atom is 0.0704 e. The van der Waals surface area contributed by atoms with Crippen molar-refractivity contribution in [3.8, 4) is 0 Å². The maximum absolute atomic E-state index is 9.27. The van der Waals surface area contributed by atoms with E-state index in [0.717, 1.165) is 11.1 Å². The van der Waals surface area contributed by atoms with E-state index in [2.05, 4.69) is 0 Å². The second-order valence-electron chi connectivity index (χ2n) is 3.12. The molecule has 1 aromatic rings. The average molecular weight is 202 g/mol. The summed E-state index contributed by atoms with van der Waals surface area (Å²) in [5.41, 5.74) is 7.94. The molecule has 0 saturated carbocycles. The zero-order chi connectivity index (χ0) is 9.14. The van der Waals surface area contributed by atoms with Gasteiger partial charge in [0.15, 0.2) is 0 Å². The minimum Gasteiger partial charge on any atom is -0.391 e. The fraction of sp³-hybridized carbons (Fsp3) is 0.400. The van der Waals surface area contributed by atoms with Gasteiger partial charge in [-0.1, -0.05) is 24.3 Å². The Hall–Kier alpha value is -0.570. The van der Waals surface area contributed by atoms with Crippen molar-refractivity contribution in [3.63, 3.8) is 0 Å². The van der Waals surface area contributed by atoms with Gasteiger partial charge in [0.2, 0.25) is 0 Å². The van der Waals surface area contributed by atoms with Crippen LogP contribution < -0.4 is 5.73 Å². The Labute approximate surface area is 85.2 Å². The highest BCUT2D eigenvalue weighted by molar-refractivity contribution is 5.85. The first-order valence-corrected chi connectivity index (χ1v) is 4.12. The van der Waals surface area contributed by atoms with Crippen molar-refractivity contribution in [2.24, 2.45) is 5.73 Å². The third-order valence-corrected chi connectivity index (χ3v) is 2.07. The van der Waals surface area contributed by atoms with E-state index in [0.29, 0.717) is 0 Å². The molecule has 0 heterocycles. The third-order valence-electron chi connectivity index (χ3n) is 2.07. The lowest BCUT2D eigenvalue weighted by atomic mass is 9.99. The first-order valence-electron chi connectivity index (χ1n) is 4.12. The average Bonchev–Trinajstić information content (AvgIpc) is 2.04. The van der Waals surface area contributed by atoms with Crippen LogP contribution in [0.3, 0.4) is 0 Å². The van der Waals surface area contributed by atoms with Crippen LogP contribution >= 0.6 is 12.4 Å². The molecular weight excluding hydrogens is 186 g/mol. The molecule has 0 spiro atoms. The summed E-state index contributed by atoms with van der Waals surface area (Å²) in [6, 6.07) is 7.58. The van der Waals surface area contributed by atoms with Crippen molar-refractivity contribution in [3.05, 3.63) is 35.4 Å². The molecule has 2 atom stereocenters. The monoisotopic (exact) mass is 201 g/mol. The van der Waals surface area contributed by atoms with Gasteiger partial charge in [-0.05, 0) is 25.0 Å². The zero-order valence-electron chi connectivity index (χ0n) is 7.90. The lowest BCUT2D eigenvalue weighted by Crippen LogP contribution is -2.23. The highest BCUT2D eigenvalue weighted by atomic mass is 35.5. The third kappa shape index (κ3) is 2.99. The topological polar surface area (TPSA) is 46.2 Å². The number of rotatable bonds is 2. The zero-order valence-corrected chi connectivity index (χ0v) is 8.71. The van der Waals surface area contributed by atoms with E-state index in [1.54, 1.807) is 6.92 Å². The molecule has 1 rings (SSSR count). The number of benzene rings is 1. The fourth-order valence-corrected chi connectivity index (χ4v) is 1.22. The molecule has 0 aliphatic heterocycles. The quantitative estimate of drug-likeness (QED) is 0.767. The molecule has 3 N–H and O–H groups in total. The van der Waals surface area contributed by atoms with Crippen LogP contribution in [0.15, 0.2) is 24.3 Å². The summed E-state index contributed by atoms with van der Waals surface area (Å²) in [7, 11) is 0. The molecule has 0 aromatic heterocycles. The summed E-state index contributed by atoms with van der Waals surface area (Å²) in [6.07, 6.45) is -0.494. The van der Waals surface area contributed by atoms with Gasteiger partial charge in [0.05, 0.1) is 12.1 Å². The number of nitrogens with two attached hydrogens (primary N) is 1. The van der Waals surface area contributed by atoms with Gasteiger partial charge in [-0.15, -0.1) is 12.4 Å². The summed E-state index contributed by atoms with van der Waals surface area (Å²) in [6.45, 7) is 3.70. The number of halogens is 1. The molecule has 74 valence electrons. The Bertz CT molecular complexity index is 263. The van der Waals surface area contributed by atoms with Crippen molar-refractivity contribution in [2.45, 2.75) is 26.0 Å². The van der Waals surface area contributed by atoms with Gasteiger partial charge >= 0.3 is 0 Å². The number of hydrogen-bond donors (Lipinski definition) is 2. The second kappa shape index (κ2) is 5.22. The number of aryl methyl sites for hydroxylation is 1. The standard InChI is InChI=1S/C10H15NO.ClH/c1-7-5-3-4-6-9(7)10(11)8(2)12;/h3-6,8,10,12H,11H2,1-2H3;1H/t8?,10-;/m1./s1. The largest absolute Gasteiger partial charge is 0.391 e. The Morgan fingerprint density at radius 3 is 2.31 bits per heavy atom. The highest BCUT2D eigenvalue weighted by Gasteiger charge is 2.12. The van der Waals surface area contributed by atoms with E-state index in [9.17, 15) is 5.11 Å². The molecule has 0 saturated heterocycles. The van der Waals surface area contributed by atoms with Crippen molar-refractivity contribution in [1.29, 1.82) is 0 Å². The second-order valence-corrected chi connectivity index (χ2v) is 3.12. The molecule has 2 nitrogen and oxygen atoms in total. The summed E-state index contributed by atoms with van der Waals surface area (Å²) < 4.78 is 0. The minimum absolute atomic E-state index is 0. The van der Waals surface area contributed by atoms with Crippen LogP contribution in [0.5, 0.6) is 0 Å². The lowest BCUT2D eigenvalue weighted by Gasteiger charge is -2.16. The van der Waals surface area contributed by atoms with Crippen LogP contribution in [0.4, 0.5) is 0 Å². The molecule has 0 bridgehead atoms. The highest BCUT2D eigenvalue weighted by Crippen LogP contribution is 2.17. The molecule has 0 aliphatic rings. The van der Waals surface area contributed by atoms with Crippen LogP contribution in [0.25, 0.3) is 0 Å². The molecule has 13 heavy (non-hydrogen) atoms. The Morgan fingerprint density at radius 2 is 1.85 bits per heavy atom. The van der Waals surface area contributed by atoms with Gasteiger partial charge in [0.1, 0.15) is 0 Å². The van der Waals surface area contributed by atoms with Crippen LogP contribution in [0.1, 0.15) is 24.1 Å². The summed E-state index contributed by atoms with van der Waals surface area (Å²) in [5.74, 6) is 0. The Balaban J connectivity index is 0.00000144. The van der Waals surface area contributed by atoms with Crippen molar-refractivity contribution >= 4 is 12.4 Å². The van der Waals surface area contributed by atoms with Gasteiger partial charge in [0, 0.05) is 0 Å². The number of aliphatic hydroxyl groups excluding tert-OH is 1. The fourth-order valence-electron chi connectivity index (χ4n) is 1.22. The van der Waals surface area contributed by atoms with Gasteiger partial charge in [-0.3, -0.25) is 0 Å². The normalized spacial score (nSPS) is 14.5. The van der Waals surface area contributed by atoms with Crippen molar-refractivity contribution in [1.82, 2.24) is 0 Å². The van der Waals surface area contributed by atoms with E-state index in [-0.39, 0.29) is 18.4 Å². The maximum atomic E-state index is 9.27. The minimum atomic E-state index is -0.494. The van der Waals surface area contributed by atoms with Crippen LogP contribution in [-0.4, -0.2) is 11.2 Å². The molecule has 0 amide bonds. The van der Waals surface area contributed by atoms with Crippen LogP contribution in [0, 0.1) is 6.92 Å². The number of aliphatic hydroxyl groups is 1. The predicted octanol–water partition coefficient (Wildman–Crippen LogP) is 1.80. The molecule has 3 heteroatoms. The molecule has 0 radical (unpaired) electrons. The molecule has 0 fully saturated rings. The summed E-state index contributed by atoms with van der Waals surface area (Å²) >= 11 is 0. The Kier molecular flexibility index (Phi) is 4.99. The SMILES string of the molecule is Cc1ccccc1[C@H](N)C(C)O.Cl. The van der Waals surface area contributed by atoms with E-state index in [1.807, 2.05) is 31.2 Å². The van der Waals surface area contributed by atoms with Gasteiger partial charge in [0.25, 0.3) is 0 Å². The van der Waals surface area contributed by atoms with Crippen LogP contribution in [-0.2, 0) is 0 Å². The summed E-state index contributed by atoms with van der Waals surface area (Å²) in [4.78, 5) is 0. The molecule has 1 aromatic carbocycles. The number of hydrogen-bond acceptors (Lipinski definition) is 2. The van der Waals surface area contributed by atoms with E-state index < -0.39 is 6.10 Å². The smallest absolute Gasteiger partial charge is 0.0704 e. The van der Waals surface area contributed by atoms with E-state index in [1.165, 1.54) is 0 Å². The summed E-state index contributed by atoms with van der Waals surface area (Å²) in [5, 5.41) is 9.27. The van der Waals surface area contributed by atoms with Gasteiger partial charge in [-0.25, -0.2) is 0 Å². The molecular formula is C10H16ClNO. The van der Waals surface area contributed by atoms with E-state index in [4.69, 9.17) is 5.73 Å². The first-order chi connectivity index (χ1) is 5.63. The molecule has 1 unspecified atom stereocenters. The van der Waals surface area contributed by atoms with E-state index >= 15 is 0 Å².